The van der Waals surface area contributed by atoms with E-state index in [1.54, 1.807) is 0 Å². The van der Waals surface area contributed by atoms with Crippen LogP contribution in [0.3, 0.4) is 0 Å². The second-order valence-electron chi connectivity index (χ2n) is 9.46. The van der Waals surface area contributed by atoms with Crippen LogP contribution in [0.5, 0.6) is 11.5 Å². The number of benzene rings is 2. The van der Waals surface area contributed by atoms with Gasteiger partial charge in [0.1, 0.15) is 11.5 Å². The van der Waals surface area contributed by atoms with Crippen molar-refractivity contribution in [2.24, 2.45) is 0 Å². The van der Waals surface area contributed by atoms with Crippen LogP contribution in [0.15, 0.2) is 48.5 Å². The van der Waals surface area contributed by atoms with Gasteiger partial charge < -0.3 is 13.9 Å². The van der Waals surface area contributed by atoms with Crippen LogP contribution < -0.4 is 9.05 Å². The lowest BCUT2D eigenvalue weighted by atomic mass is 10.0. The quantitative estimate of drug-likeness (QED) is 0.149. The third-order valence-corrected chi connectivity index (χ3v) is 7.04. The summed E-state index contributed by atoms with van der Waals surface area (Å²) in [5, 5.41) is 0. The Morgan fingerprint density at radius 3 is 1.35 bits per heavy atom. The minimum Gasteiger partial charge on any atom is -0.418 e. The third-order valence-electron chi connectivity index (χ3n) is 6.30. The highest BCUT2D eigenvalue weighted by molar-refractivity contribution is 7.41. The van der Waals surface area contributed by atoms with Gasteiger partial charge in [0.2, 0.25) is 0 Å². The number of hydrogen-bond acceptors (Lipinski definition) is 3. The number of hydrogen-bond donors (Lipinski definition) is 1. The summed E-state index contributed by atoms with van der Waals surface area (Å²) >= 11 is 0. The normalized spacial score (nSPS) is 11.2. The Kier molecular flexibility index (Phi) is 15.8. The highest BCUT2D eigenvalue weighted by Gasteiger charge is 2.12. The van der Waals surface area contributed by atoms with Gasteiger partial charge in [0, 0.05) is 0 Å². The van der Waals surface area contributed by atoms with Crippen molar-refractivity contribution in [3.8, 4) is 11.5 Å². The van der Waals surface area contributed by atoms with E-state index in [0.717, 1.165) is 12.8 Å². The summed E-state index contributed by atoms with van der Waals surface area (Å²) in [6, 6.07) is 16.1. The van der Waals surface area contributed by atoms with Crippen LogP contribution in [0.2, 0.25) is 0 Å². The van der Waals surface area contributed by atoms with E-state index in [1.807, 2.05) is 36.4 Å². The monoisotopic (exact) mass is 486 g/mol. The molecule has 0 bridgehead atoms. The molecule has 0 aliphatic heterocycles. The maximum Gasteiger partial charge on any atom is 0.460 e. The average Bonchev–Trinajstić information content (AvgIpc) is 2.83. The van der Waals surface area contributed by atoms with Gasteiger partial charge in [0.05, 0.1) is 0 Å². The zero-order valence-corrected chi connectivity index (χ0v) is 22.5. The first-order valence-electron chi connectivity index (χ1n) is 13.7. The van der Waals surface area contributed by atoms with Crippen LogP contribution >= 0.6 is 8.60 Å². The molecule has 0 fully saturated rings. The summed E-state index contributed by atoms with van der Waals surface area (Å²) in [6.07, 6.45) is 20.4. The Morgan fingerprint density at radius 2 is 0.941 bits per heavy atom. The molecule has 0 unspecified atom stereocenters. The lowest BCUT2D eigenvalue weighted by Crippen LogP contribution is -1.96. The first-order valence-corrected chi connectivity index (χ1v) is 14.9. The standard InChI is InChI=1S/C30H47O3P/c1-3-5-7-9-11-13-15-19-27-21-17-23-29(25-27)32-34(31)33-30-24-18-22-28(26-30)20-16-14-12-10-8-6-4-2/h17-18,21-26,31H,3-16,19-20H2,1-2H3. The Morgan fingerprint density at radius 1 is 0.559 bits per heavy atom. The third kappa shape index (κ3) is 13.4. The smallest absolute Gasteiger partial charge is 0.418 e. The molecular weight excluding hydrogens is 439 g/mol. The summed E-state index contributed by atoms with van der Waals surface area (Å²) < 4.78 is 11.4. The zero-order chi connectivity index (χ0) is 24.3. The van der Waals surface area contributed by atoms with Gasteiger partial charge in [-0.05, 0) is 61.1 Å². The predicted molar refractivity (Wildman–Crippen MR) is 147 cm³/mol. The fraction of sp³-hybridized carbons (Fsp3) is 0.600. The zero-order valence-electron chi connectivity index (χ0n) is 21.6. The van der Waals surface area contributed by atoms with E-state index < -0.39 is 8.60 Å². The van der Waals surface area contributed by atoms with Crippen LogP contribution in [0.25, 0.3) is 0 Å². The molecule has 0 aromatic heterocycles. The van der Waals surface area contributed by atoms with Gasteiger partial charge >= 0.3 is 8.60 Å². The molecule has 3 nitrogen and oxygen atoms in total. The van der Waals surface area contributed by atoms with Gasteiger partial charge in [-0.3, -0.25) is 0 Å². The van der Waals surface area contributed by atoms with Crippen molar-refractivity contribution in [2.75, 3.05) is 0 Å². The molecule has 0 aliphatic carbocycles. The lowest BCUT2D eigenvalue weighted by molar-refractivity contribution is 0.381. The first kappa shape index (κ1) is 28.7. The Balaban J connectivity index is 1.69. The van der Waals surface area contributed by atoms with Crippen molar-refractivity contribution in [2.45, 2.75) is 117 Å². The number of aryl methyl sites for hydroxylation is 2. The van der Waals surface area contributed by atoms with E-state index in [0.29, 0.717) is 11.5 Å². The van der Waals surface area contributed by atoms with Crippen LogP contribution in [0, 0.1) is 0 Å². The molecule has 34 heavy (non-hydrogen) atoms. The van der Waals surface area contributed by atoms with E-state index in [2.05, 4.69) is 26.0 Å². The Hall–Kier alpha value is -1.57. The molecule has 4 heteroatoms. The molecule has 0 radical (unpaired) electrons. The molecule has 0 heterocycles. The summed E-state index contributed by atoms with van der Waals surface area (Å²) in [4.78, 5) is 10.4. The SMILES string of the molecule is CCCCCCCCCc1cccc(OP(O)Oc2cccc(CCCCCCCCC)c2)c1. The molecular formula is C30H47O3P. The Labute approximate surface area is 210 Å². The van der Waals surface area contributed by atoms with Crippen LogP contribution in [-0.2, 0) is 12.8 Å². The summed E-state index contributed by atoms with van der Waals surface area (Å²) in [5.41, 5.74) is 2.51. The molecule has 0 spiro atoms. The molecule has 2 rings (SSSR count). The number of rotatable bonds is 20. The van der Waals surface area contributed by atoms with Gasteiger partial charge in [0.15, 0.2) is 0 Å². The molecule has 1 N–H and O–H groups in total. The minimum absolute atomic E-state index is 0.674. The summed E-state index contributed by atoms with van der Waals surface area (Å²) in [6.45, 7) is 4.51. The minimum atomic E-state index is -2.01. The van der Waals surface area contributed by atoms with Crippen molar-refractivity contribution in [3.05, 3.63) is 59.7 Å². The van der Waals surface area contributed by atoms with Gasteiger partial charge in [-0.25, -0.2) is 0 Å². The van der Waals surface area contributed by atoms with Gasteiger partial charge in [-0.1, -0.05) is 115 Å². The van der Waals surface area contributed by atoms with Crippen molar-refractivity contribution in [3.63, 3.8) is 0 Å². The van der Waals surface area contributed by atoms with Crippen molar-refractivity contribution < 1.29 is 13.9 Å². The van der Waals surface area contributed by atoms with Gasteiger partial charge in [-0.2, -0.15) is 0 Å². The molecule has 2 aromatic rings. The molecule has 0 aliphatic rings. The Bertz CT molecular complexity index is 701. The largest absolute Gasteiger partial charge is 0.460 e. The van der Waals surface area contributed by atoms with E-state index in [1.165, 1.54) is 101 Å². The van der Waals surface area contributed by atoms with Crippen LogP contribution in [-0.4, -0.2) is 4.89 Å². The van der Waals surface area contributed by atoms with Gasteiger partial charge in [-0.15, -0.1) is 0 Å². The molecule has 0 atom stereocenters. The summed E-state index contributed by atoms with van der Waals surface area (Å²) in [5.74, 6) is 1.35. The fourth-order valence-corrected chi connectivity index (χ4v) is 4.91. The second kappa shape index (κ2) is 18.7. The van der Waals surface area contributed by atoms with Crippen LogP contribution in [0.4, 0.5) is 0 Å². The average molecular weight is 487 g/mol. The van der Waals surface area contributed by atoms with Crippen molar-refractivity contribution in [1.82, 2.24) is 0 Å². The van der Waals surface area contributed by atoms with Gasteiger partial charge in [0.25, 0.3) is 0 Å². The summed E-state index contributed by atoms with van der Waals surface area (Å²) in [7, 11) is -2.01. The molecule has 0 amide bonds. The molecule has 0 saturated heterocycles. The molecule has 0 saturated carbocycles. The van der Waals surface area contributed by atoms with E-state index in [9.17, 15) is 4.89 Å². The highest BCUT2D eigenvalue weighted by atomic mass is 31.2. The van der Waals surface area contributed by atoms with E-state index in [4.69, 9.17) is 9.05 Å². The highest BCUT2D eigenvalue weighted by Crippen LogP contribution is 2.37. The van der Waals surface area contributed by atoms with Crippen molar-refractivity contribution in [1.29, 1.82) is 0 Å². The topological polar surface area (TPSA) is 38.7 Å². The molecule has 2 aromatic carbocycles. The van der Waals surface area contributed by atoms with Crippen molar-refractivity contribution >= 4 is 8.60 Å². The maximum atomic E-state index is 10.4. The van der Waals surface area contributed by atoms with E-state index >= 15 is 0 Å². The first-order chi connectivity index (χ1) is 16.7. The molecule has 190 valence electrons. The maximum absolute atomic E-state index is 10.4. The lowest BCUT2D eigenvalue weighted by Gasteiger charge is -2.14. The fourth-order valence-electron chi connectivity index (χ4n) is 4.29. The second-order valence-corrected chi connectivity index (χ2v) is 10.3. The van der Waals surface area contributed by atoms with Crippen LogP contribution in [0.1, 0.15) is 115 Å². The predicted octanol–water partition coefficient (Wildman–Crippen LogP) is 9.95. The van der Waals surface area contributed by atoms with E-state index in [-0.39, 0.29) is 0 Å². The number of unbranched alkanes of at least 4 members (excludes halogenated alkanes) is 12.